The quantitative estimate of drug-likeness (QED) is 0.724. The van der Waals surface area contributed by atoms with Gasteiger partial charge >= 0.3 is 0 Å². The second-order valence-electron chi connectivity index (χ2n) is 5.62. The van der Waals surface area contributed by atoms with Gasteiger partial charge in [0.05, 0.1) is 6.10 Å². The van der Waals surface area contributed by atoms with Gasteiger partial charge in [-0.3, -0.25) is 4.79 Å². The molecule has 3 atom stereocenters. The third kappa shape index (κ3) is 5.65. The number of amides is 1. The van der Waals surface area contributed by atoms with E-state index in [4.69, 9.17) is 5.73 Å². The van der Waals surface area contributed by atoms with Gasteiger partial charge in [0, 0.05) is 18.5 Å². The van der Waals surface area contributed by atoms with Crippen LogP contribution < -0.4 is 11.1 Å². The average Bonchev–Trinajstić information content (AvgIpc) is 2.47. The molecule has 4 nitrogen and oxygen atoms in total. The Kier molecular flexibility index (Phi) is 7.72. The number of nitrogens with one attached hydrogen (secondary N) is 1. The van der Waals surface area contributed by atoms with Crippen molar-refractivity contribution in [1.82, 2.24) is 5.32 Å². The van der Waals surface area contributed by atoms with E-state index in [-0.39, 0.29) is 30.3 Å². The Balaban J connectivity index is 0.00000220. The zero-order valence-electron chi connectivity index (χ0n) is 12.2. The Morgan fingerprint density at radius 1 is 1.29 bits per heavy atom. The predicted octanol–water partition coefficient (Wildman–Crippen LogP) is 1.65. The summed E-state index contributed by atoms with van der Waals surface area (Å²) in [6.07, 6.45) is 3.37. The lowest BCUT2D eigenvalue weighted by molar-refractivity contribution is -0.127. The summed E-state index contributed by atoms with van der Waals surface area (Å²) in [5.74, 6) is -0.0227. The Morgan fingerprint density at radius 2 is 2.00 bits per heavy atom. The van der Waals surface area contributed by atoms with Crippen LogP contribution in [0.5, 0.6) is 0 Å². The molecule has 21 heavy (non-hydrogen) atoms. The smallest absolute Gasteiger partial charge is 0.223 e. The molecular weight excluding hydrogens is 288 g/mol. The third-order valence-electron chi connectivity index (χ3n) is 4.02. The minimum Gasteiger partial charge on any atom is -0.391 e. The number of rotatable bonds is 5. The number of carbonyl (C=O) groups is 1. The van der Waals surface area contributed by atoms with Gasteiger partial charge in [0.1, 0.15) is 0 Å². The summed E-state index contributed by atoms with van der Waals surface area (Å²) in [6, 6.07) is 10.1. The van der Waals surface area contributed by atoms with Crippen LogP contribution in [0.25, 0.3) is 0 Å². The second-order valence-corrected chi connectivity index (χ2v) is 5.62. The molecule has 1 aromatic carbocycles. The molecule has 1 amide bonds. The normalized spacial score (nSPS) is 25.0. The van der Waals surface area contributed by atoms with Gasteiger partial charge in [0.2, 0.25) is 5.91 Å². The highest BCUT2D eigenvalue weighted by Crippen LogP contribution is 2.23. The van der Waals surface area contributed by atoms with Crippen LogP contribution in [0.15, 0.2) is 30.3 Å². The highest BCUT2D eigenvalue weighted by molar-refractivity contribution is 5.85. The summed E-state index contributed by atoms with van der Waals surface area (Å²) in [4.78, 5) is 12.0. The zero-order valence-corrected chi connectivity index (χ0v) is 13.0. The van der Waals surface area contributed by atoms with E-state index in [1.165, 1.54) is 5.56 Å². The molecule has 1 aliphatic carbocycles. The van der Waals surface area contributed by atoms with E-state index in [2.05, 4.69) is 17.4 Å². The molecular formula is C16H25ClN2O2. The average molecular weight is 313 g/mol. The summed E-state index contributed by atoms with van der Waals surface area (Å²) in [6.45, 7) is 0.687. The molecule has 0 radical (unpaired) electrons. The van der Waals surface area contributed by atoms with Crippen LogP contribution in [0, 0.1) is 5.92 Å². The van der Waals surface area contributed by atoms with Crippen LogP contribution in [0.1, 0.15) is 31.2 Å². The van der Waals surface area contributed by atoms with Crippen molar-refractivity contribution in [2.75, 3.05) is 6.54 Å². The zero-order chi connectivity index (χ0) is 14.4. The monoisotopic (exact) mass is 312 g/mol. The summed E-state index contributed by atoms with van der Waals surface area (Å²) >= 11 is 0. The molecule has 1 aromatic rings. The molecule has 0 spiro atoms. The first-order chi connectivity index (χ1) is 9.66. The molecule has 1 saturated carbocycles. The first-order valence-corrected chi connectivity index (χ1v) is 7.42. The molecule has 1 aliphatic rings. The molecule has 0 bridgehead atoms. The summed E-state index contributed by atoms with van der Waals surface area (Å²) in [5, 5.41) is 12.7. The maximum Gasteiger partial charge on any atom is 0.223 e. The number of carbonyl (C=O) groups excluding carboxylic acids is 1. The van der Waals surface area contributed by atoms with Crippen molar-refractivity contribution in [3.8, 4) is 0 Å². The predicted molar refractivity (Wildman–Crippen MR) is 86.3 cm³/mol. The SMILES string of the molecule is Cl.N[C@@H]1CC[C@H](C(=O)NCCCc2ccccc2)C[C@H]1O. The largest absolute Gasteiger partial charge is 0.391 e. The maximum absolute atomic E-state index is 12.0. The molecule has 0 unspecified atom stereocenters. The van der Waals surface area contributed by atoms with E-state index in [0.29, 0.717) is 13.0 Å². The molecule has 118 valence electrons. The number of nitrogens with two attached hydrogens (primary N) is 1. The van der Waals surface area contributed by atoms with Crippen molar-refractivity contribution in [1.29, 1.82) is 0 Å². The van der Waals surface area contributed by atoms with Crippen LogP contribution in [-0.4, -0.2) is 29.7 Å². The number of hydrogen-bond donors (Lipinski definition) is 3. The minimum atomic E-state index is -0.538. The molecule has 5 heteroatoms. The standard InChI is InChI=1S/C16H24N2O2.ClH/c17-14-9-8-13(11-15(14)19)16(20)18-10-4-7-12-5-2-1-3-6-12;/h1-3,5-6,13-15,19H,4,7-11,17H2,(H,18,20);1H/t13-,14+,15+;/m0./s1. The van der Waals surface area contributed by atoms with Gasteiger partial charge in [-0.15, -0.1) is 12.4 Å². The van der Waals surface area contributed by atoms with Crippen molar-refractivity contribution >= 4 is 18.3 Å². The lowest BCUT2D eigenvalue weighted by atomic mass is 9.84. The van der Waals surface area contributed by atoms with Crippen molar-refractivity contribution in [2.45, 2.75) is 44.2 Å². The number of aryl methyl sites for hydroxylation is 1. The van der Waals surface area contributed by atoms with E-state index in [1.807, 2.05) is 18.2 Å². The van der Waals surface area contributed by atoms with E-state index in [1.54, 1.807) is 0 Å². The van der Waals surface area contributed by atoms with Gasteiger partial charge in [-0.25, -0.2) is 0 Å². The van der Waals surface area contributed by atoms with Crippen molar-refractivity contribution in [2.24, 2.45) is 11.7 Å². The van der Waals surface area contributed by atoms with Gasteiger partial charge in [-0.2, -0.15) is 0 Å². The first-order valence-electron chi connectivity index (χ1n) is 7.42. The van der Waals surface area contributed by atoms with Gasteiger partial charge in [-0.05, 0) is 37.7 Å². The molecule has 4 N–H and O–H groups in total. The van der Waals surface area contributed by atoms with Gasteiger partial charge in [-0.1, -0.05) is 30.3 Å². The number of benzene rings is 1. The highest BCUT2D eigenvalue weighted by Gasteiger charge is 2.30. The van der Waals surface area contributed by atoms with E-state index in [0.717, 1.165) is 25.7 Å². The van der Waals surface area contributed by atoms with Crippen LogP contribution in [0.2, 0.25) is 0 Å². The molecule has 1 fully saturated rings. The molecule has 0 aromatic heterocycles. The fourth-order valence-electron chi connectivity index (χ4n) is 2.70. The number of halogens is 1. The van der Waals surface area contributed by atoms with Gasteiger partial charge in [0.15, 0.2) is 0 Å². The molecule has 2 rings (SSSR count). The van der Waals surface area contributed by atoms with Crippen LogP contribution in [0.3, 0.4) is 0 Å². The lowest BCUT2D eigenvalue weighted by Crippen LogP contribution is -2.44. The number of aliphatic hydroxyl groups is 1. The summed E-state index contributed by atoms with van der Waals surface area (Å²) < 4.78 is 0. The minimum absolute atomic E-state index is 0. The van der Waals surface area contributed by atoms with Crippen LogP contribution in [-0.2, 0) is 11.2 Å². The Labute approximate surface area is 132 Å². The number of hydrogen-bond acceptors (Lipinski definition) is 3. The lowest BCUT2D eigenvalue weighted by Gasteiger charge is -2.29. The van der Waals surface area contributed by atoms with Crippen LogP contribution >= 0.6 is 12.4 Å². The van der Waals surface area contributed by atoms with Crippen molar-refractivity contribution < 1.29 is 9.90 Å². The second kappa shape index (κ2) is 9.03. The van der Waals surface area contributed by atoms with E-state index >= 15 is 0 Å². The Morgan fingerprint density at radius 3 is 2.67 bits per heavy atom. The molecule has 0 saturated heterocycles. The van der Waals surface area contributed by atoms with Crippen molar-refractivity contribution in [3.63, 3.8) is 0 Å². The van der Waals surface area contributed by atoms with E-state index in [9.17, 15) is 9.90 Å². The van der Waals surface area contributed by atoms with Crippen LogP contribution in [0.4, 0.5) is 0 Å². The van der Waals surface area contributed by atoms with Gasteiger partial charge < -0.3 is 16.2 Å². The fraction of sp³-hybridized carbons (Fsp3) is 0.562. The topological polar surface area (TPSA) is 75.4 Å². The fourth-order valence-corrected chi connectivity index (χ4v) is 2.70. The third-order valence-corrected chi connectivity index (χ3v) is 4.02. The maximum atomic E-state index is 12.0. The molecule has 0 aliphatic heterocycles. The Hall–Kier alpha value is -1.10. The van der Waals surface area contributed by atoms with Crippen molar-refractivity contribution in [3.05, 3.63) is 35.9 Å². The first kappa shape index (κ1) is 18.0. The van der Waals surface area contributed by atoms with Gasteiger partial charge in [0.25, 0.3) is 0 Å². The Bertz CT molecular complexity index is 428. The number of aliphatic hydroxyl groups excluding tert-OH is 1. The highest BCUT2D eigenvalue weighted by atomic mass is 35.5. The summed E-state index contributed by atoms with van der Waals surface area (Å²) in [7, 11) is 0. The summed E-state index contributed by atoms with van der Waals surface area (Å²) in [5.41, 5.74) is 7.04. The molecule has 0 heterocycles. The van der Waals surface area contributed by atoms with E-state index < -0.39 is 6.10 Å².